The molecule has 6 aromatic rings. The van der Waals surface area contributed by atoms with Crippen molar-refractivity contribution in [1.82, 2.24) is 24.7 Å². The van der Waals surface area contributed by atoms with Crippen molar-refractivity contribution >= 4 is 35.5 Å². The van der Waals surface area contributed by atoms with Crippen LogP contribution < -0.4 is 14.5 Å². The number of aromatic nitrogens is 2. The van der Waals surface area contributed by atoms with Crippen molar-refractivity contribution in [2.24, 2.45) is 5.92 Å². The normalized spacial score (nSPS) is 22.2. The fourth-order valence-electron chi connectivity index (χ4n) is 11.2. The zero-order chi connectivity index (χ0) is 51.2. The SMILES string of the molecule is COCCOC(=O)N1C(=O)[C@@]2(c3cc(C#CCN(C)Cc4ccccc4)ccc31)[C@H](c1ccccc1OCCO)N1[C@H](c3ccccc3)[C@H](c3ccccc3)OC(=O)[C@H]1[C@@H]2C(=O)N1CCN(c2ncccn2)CC1. The highest BCUT2D eigenvalue weighted by molar-refractivity contribution is 6.23. The second kappa shape index (κ2) is 22.0. The van der Waals surface area contributed by atoms with Crippen LogP contribution in [0.3, 0.4) is 0 Å². The van der Waals surface area contributed by atoms with Gasteiger partial charge in [0.1, 0.15) is 36.5 Å². The zero-order valence-corrected chi connectivity index (χ0v) is 41.2. The molecule has 16 nitrogen and oxygen atoms in total. The molecule has 1 aromatic heterocycles. The second-order valence-electron chi connectivity index (χ2n) is 18.7. The first kappa shape index (κ1) is 49.6. The van der Waals surface area contributed by atoms with E-state index >= 15 is 14.4 Å². The van der Waals surface area contributed by atoms with Crippen LogP contribution in [0.4, 0.5) is 16.4 Å². The number of nitrogens with zero attached hydrogens (tertiary/aromatic N) is 7. The van der Waals surface area contributed by atoms with E-state index in [2.05, 4.69) is 38.8 Å². The number of carbonyl (C=O) groups is 4. The molecule has 74 heavy (non-hydrogen) atoms. The lowest BCUT2D eigenvalue weighted by Crippen LogP contribution is -2.59. The van der Waals surface area contributed by atoms with Crippen molar-refractivity contribution in [3.8, 4) is 17.6 Å². The first-order valence-electron chi connectivity index (χ1n) is 24.8. The number of piperazine rings is 1. The van der Waals surface area contributed by atoms with Crippen LogP contribution in [0.5, 0.6) is 5.75 Å². The molecule has 0 bridgehead atoms. The Morgan fingerprint density at radius 3 is 2.18 bits per heavy atom. The highest BCUT2D eigenvalue weighted by atomic mass is 16.6. The molecule has 0 aliphatic carbocycles. The van der Waals surface area contributed by atoms with Gasteiger partial charge < -0.3 is 33.9 Å². The molecular weight excluding hydrogens is 939 g/mol. The van der Waals surface area contributed by atoms with Gasteiger partial charge in [0.05, 0.1) is 43.4 Å². The number of esters is 1. The molecule has 378 valence electrons. The molecule has 3 saturated heterocycles. The number of hydrogen-bond donors (Lipinski definition) is 1. The van der Waals surface area contributed by atoms with E-state index in [0.717, 1.165) is 16.0 Å². The lowest BCUT2D eigenvalue weighted by molar-refractivity contribution is -0.179. The largest absolute Gasteiger partial charge is 0.491 e. The van der Waals surface area contributed by atoms with E-state index in [1.807, 2.05) is 108 Å². The molecule has 4 aliphatic heterocycles. The molecule has 16 heteroatoms. The molecule has 5 aromatic carbocycles. The van der Waals surface area contributed by atoms with Crippen molar-refractivity contribution in [1.29, 1.82) is 0 Å². The lowest BCUT2D eigenvalue weighted by atomic mass is 9.64. The molecule has 1 N–H and O–H groups in total. The summed E-state index contributed by atoms with van der Waals surface area (Å²) in [5.41, 5.74) is 1.94. The first-order valence-corrected chi connectivity index (χ1v) is 24.8. The van der Waals surface area contributed by atoms with Crippen LogP contribution in [0.15, 0.2) is 152 Å². The van der Waals surface area contributed by atoms with Gasteiger partial charge in [-0.2, -0.15) is 0 Å². The Bertz CT molecular complexity index is 3020. The van der Waals surface area contributed by atoms with Gasteiger partial charge in [0.25, 0.3) is 0 Å². The number of aliphatic hydroxyl groups excluding tert-OH is 1. The van der Waals surface area contributed by atoms with Crippen LogP contribution in [0.25, 0.3) is 0 Å². The molecule has 0 unspecified atom stereocenters. The Hall–Kier alpha value is -7.94. The van der Waals surface area contributed by atoms with E-state index in [9.17, 15) is 9.90 Å². The summed E-state index contributed by atoms with van der Waals surface area (Å²) in [5, 5.41) is 10.2. The predicted molar refractivity (Wildman–Crippen MR) is 275 cm³/mol. The van der Waals surface area contributed by atoms with Gasteiger partial charge >= 0.3 is 12.1 Å². The van der Waals surface area contributed by atoms with E-state index in [4.69, 9.17) is 18.9 Å². The van der Waals surface area contributed by atoms with E-state index in [-0.39, 0.29) is 45.2 Å². The number of carbonyl (C=O) groups excluding carboxylic acids is 4. The number of morpholine rings is 1. The second-order valence-corrected chi connectivity index (χ2v) is 18.7. The Labute approximate surface area is 430 Å². The van der Waals surface area contributed by atoms with Crippen molar-refractivity contribution in [3.63, 3.8) is 0 Å². The van der Waals surface area contributed by atoms with Gasteiger partial charge in [-0.05, 0) is 59.6 Å². The van der Waals surface area contributed by atoms with Crippen LogP contribution in [0.1, 0.15) is 51.6 Å². The summed E-state index contributed by atoms with van der Waals surface area (Å²) in [7, 11) is 3.46. The number of benzene rings is 5. The number of ether oxygens (including phenoxy) is 4. The summed E-state index contributed by atoms with van der Waals surface area (Å²) in [6, 6.07) is 39.7. The van der Waals surface area contributed by atoms with Crippen LogP contribution in [-0.4, -0.2) is 133 Å². The van der Waals surface area contributed by atoms with E-state index in [0.29, 0.717) is 60.1 Å². The average molecular weight is 996 g/mol. The maximum Gasteiger partial charge on any atom is 0.421 e. The van der Waals surface area contributed by atoms with Gasteiger partial charge in [-0.25, -0.2) is 19.7 Å². The Balaban J connectivity index is 1.22. The van der Waals surface area contributed by atoms with Crippen molar-refractivity contribution in [3.05, 3.63) is 185 Å². The summed E-state index contributed by atoms with van der Waals surface area (Å²) in [4.78, 5) is 81.2. The van der Waals surface area contributed by atoms with Gasteiger partial charge in [-0.1, -0.05) is 121 Å². The molecule has 5 heterocycles. The third-order valence-electron chi connectivity index (χ3n) is 14.3. The van der Waals surface area contributed by atoms with E-state index < -0.39 is 59.4 Å². The number of fused-ring (bicyclic) bond motifs is 3. The molecule has 3 amide bonds. The third-order valence-corrected chi connectivity index (χ3v) is 14.3. The summed E-state index contributed by atoms with van der Waals surface area (Å²) in [6.07, 6.45) is 1.41. The predicted octanol–water partition coefficient (Wildman–Crippen LogP) is 6.13. The maximum atomic E-state index is 16.7. The minimum absolute atomic E-state index is 0.0552. The summed E-state index contributed by atoms with van der Waals surface area (Å²) < 4.78 is 24.1. The van der Waals surface area contributed by atoms with Crippen LogP contribution >= 0.6 is 0 Å². The van der Waals surface area contributed by atoms with Crippen LogP contribution in [0, 0.1) is 17.8 Å². The number of anilines is 2. The molecule has 4 aliphatic rings. The van der Waals surface area contributed by atoms with Crippen molar-refractivity contribution in [2.75, 3.05) is 83.1 Å². The molecule has 0 radical (unpaired) electrons. The topological polar surface area (TPSA) is 167 Å². The number of methoxy groups -OCH3 is 1. The first-order chi connectivity index (χ1) is 36.2. The summed E-state index contributed by atoms with van der Waals surface area (Å²) in [5.74, 6) is 3.97. The molecular formula is C58H57N7O9. The Kier molecular flexibility index (Phi) is 14.8. The molecule has 3 fully saturated rings. The highest BCUT2D eigenvalue weighted by Crippen LogP contribution is 2.67. The summed E-state index contributed by atoms with van der Waals surface area (Å²) in [6.45, 7) is 1.64. The summed E-state index contributed by atoms with van der Waals surface area (Å²) >= 11 is 0. The van der Waals surface area contributed by atoms with Gasteiger partial charge in [0.15, 0.2) is 0 Å². The Morgan fingerprint density at radius 2 is 1.47 bits per heavy atom. The highest BCUT2D eigenvalue weighted by Gasteiger charge is 2.76. The minimum atomic E-state index is -2.07. The minimum Gasteiger partial charge on any atom is -0.491 e. The lowest BCUT2D eigenvalue weighted by Gasteiger charge is -2.46. The van der Waals surface area contributed by atoms with E-state index in [1.165, 1.54) is 7.11 Å². The Morgan fingerprint density at radius 1 is 0.797 bits per heavy atom. The number of para-hydroxylation sites is 1. The van der Waals surface area contributed by atoms with Crippen molar-refractivity contribution < 1.29 is 43.2 Å². The van der Waals surface area contributed by atoms with Crippen LogP contribution in [0.2, 0.25) is 0 Å². The monoisotopic (exact) mass is 995 g/mol. The van der Waals surface area contributed by atoms with Crippen molar-refractivity contribution in [2.45, 2.75) is 36.2 Å². The van der Waals surface area contributed by atoms with Crippen LogP contribution in [-0.2, 0) is 40.6 Å². The van der Waals surface area contributed by atoms with Gasteiger partial charge in [0, 0.05) is 63.4 Å². The van der Waals surface area contributed by atoms with Gasteiger partial charge in [-0.3, -0.25) is 24.2 Å². The third kappa shape index (κ3) is 9.35. The number of rotatable bonds is 14. The number of amides is 3. The number of aliphatic hydroxyl groups is 1. The maximum absolute atomic E-state index is 16.7. The molecule has 0 saturated carbocycles. The van der Waals surface area contributed by atoms with Gasteiger partial charge in [0.2, 0.25) is 17.8 Å². The smallest absolute Gasteiger partial charge is 0.421 e. The number of hydrogen-bond acceptors (Lipinski definition) is 14. The number of imide groups is 1. The molecule has 6 atom stereocenters. The molecule has 10 rings (SSSR count). The van der Waals surface area contributed by atoms with Gasteiger partial charge in [-0.15, -0.1) is 0 Å². The molecule has 1 spiro atoms. The quantitative estimate of drug-likeness (QED) is 0.0753. The fraction of sp³-hybridized carbons (Fsp3) is 0.310. The standard InChI is InChI=1S/C58H57N7O9/c1-61(39-41-16-6-3-7-17-41)29-14-18-40-25-26-46-45(38-40)58(55(69)64(46)57(70)73-37-36-71-2)48(53(67)62-30-32-63(33-31-62)56-59-27-15-28-60-56)50-54(68)74-51(43-21-10-5-11-22-43)49(42-19-8-4-9-20-42)65(50)52(58)44-23-12-13-24-47(44)72-35-34-66/h3-13,15-17,19-28,38,48-52,66H,29-37,39H2,1-2H3/t48-,49-,50-,51+,52+,58-/m1/s1. The zero-order valence-electron chi connectivity index (χ0n) is 41.2. The number of cyclic esters (lactones) is 1. The van der Waals surface area contributed by atoms with E-state index in [1.54, 1.807) is 53.7 Å². The fourth-order valence-corrected chi connectivity index (χ4v) is 11.2. The average Bonchev–Trinajstić information content (AvgIpc) is 3.90.